The van der Waals surface area contributed by atoms with Crippen molar-refractivity contribution in [2.45, 2.75) is 38.8 Å². The maximum atomic E-state index is 11.1. The summed E-state index contributed by atoms with van der Waals surface area (Å²) >= 11 is 0. The highest BCUT2D eigenvalue weighted by Gasteiger charge is 2.31. The van der Waals surface area contributed by atoms with Crippen molar-refractivity contribution < 1.29 is 13.8 Å². The van der Waals surface area contributed by atoms with E-state index in [9.17, 15) is 4.79 Å². The van der Waals surface area contributed by atoms with Gasteiger partial charge in [0.05, 0.1) is 13.2 Å². The van der Waals surface area contributed by atoms with Crippen LogP contribution in [0.5, 0.6) is 0 Å². The number of ketones is 1. The molecule has 1 aliphatic carbocycles. The van der Waals surface area contributed by atoms with Crippen LogP contribution in [0.3, 0.4) is 0 Å². The van der Waals surface area contributed by atoms with Crippen molar-refractivity contribution in [1.29, 1.82) is 0 Å². The van der Waals surface area contributed by atoms with Crippen molar-refractivity contribution in [3.8, 4) is 0 Å². The molecule has 0 spiro atoms. The van der Waals surface area contributed by atoms with Gasteiger partial charge in [0.25, 0.3) is 0 Å². The molecule has 0 aromatic carbocycles. The molecule has 1 atom stereocenters. The number of Topliss-reactive ketones (excluding diaryl/α,β-unsaturated/α-hetero) is 1. The van der Waals surface area contributed by atoms with Crippen LogP contribution in [0.1, 0.15) is 33.1 Å². The smallest absolute Gasteiger partial charge is 0.174 e. The Balaban J connectivity index is 2.39. The topological polar surface area (TPSA) is 35.5 Å². The lowest BCUT2D eigenvalue weighted by atomic mass is 10.4. The molecule has 0 saturated heterocycles. The summed E-state index contributed by atoms with van der Waals surface area (Å²) in [7, 11) is -0.809. The summed E-state index contributed by atoms with van der Waals surface area (Å²) in [5.74, 6) is 0.358. The van der Waals surface area contributed by atoms with Crippen LogP contribution >= 0.6 is 8.38 Å². The summed E-state index contributed by atoms with van der Waals surface area (Å²) in [5.41, 5.74) is 0.349. The van der Waals surface area contributed by atoms with Gasteiger partial charge in [-0.05, 0) is 20.3 Å². The summed E-state index contributed by atoms with van der Waals surface area (Å²) in [5, 5.41) is 0. The number of carbonyl (C=O) groups excluding carboxylic acids is 1. The number of rotatable bonds is 5. The molecule has 0 bridgehead atoms. The van der Waals surface area contributed by atoms with Crippen molar-refractivity contribution in [3.63, 3.8) is 0 Å². The van der Waals surface area contributed by atoms with Gasteiger partial charge in [-0.2, -0.15) is 0 Å². The molecule has 0 unspecified atom stereocenters. The van der Waals surface area contributed by atoms with Crippen LogP contribution in [0.4, 0.5) is 0 Å². The summed E-state index contributed by atoms with van der Waals surface area (Å²) in [4.78, 5) is 11.1. The third-order valence-corrected chi connectivity index (χ3v) is 4.09. The molecule has 0 aromatic heterocycles. The lowest BCUT2D eigenvalue weighted by Crippen LogP contribution is -2.05. The number of hydrogen-bond donors (Lipinski definition) is 0. The second kappa shape index (κ2) is 5.69. The zero-order chi connectivity index (χ0) is 9.68. The second-order valence-corrected chi connectivity index (χ2v) is 4.87. The minimum atomic E-state index is -0.809. The van der Waals surface area contributed by atoms with Crippen molar-refractivity contribution in [3.05, 3.63) is 0 Å². The van der Waals surface area contributed by atoms with Crippen LogP contribution in [-0.4, -0.2) is 24.7 Å². The lowest BCUT2D eigenvalue weighted by Gasteiger charge is -2.20. The Morgan fingerprint density at radius 2 is 2.00 bits per heavy atom. The van der Waals surface area contributed by atoms with Crippen molar-refractivity contribution in [1.82, 2.24) is 0 Å². The van der Waals surface area contributed by atoms with Crippen LogP contribution in [0, 0.1) is 0 Å². The van der Waals surface area contributed by atoms with Crippen molar-refractivity contribution >= 4 is 14.2 Å². The van der Waals surface area contributed by atoms with Crippen LogP contribution in [0.15, 0.2) is 0 Å². The third-order valence-electron chi connectivity index (χ3n) is 2.03. The van der Waals surface area contributed by atoms with E-state index in [0.717, 1.165) is 6.42 Å². The van der Waals surface area contributed by atoms with Gasteiger partial charge in [-0.25, -0.2) is 0 Å². The Bertz CT molecular complexity index is 166. The van der Waals surface area contributed by atoms with E-state index in [1.54, 1.807) is 0 Å². The predicted molar refractivity (Wildman–Crippen MR) is 52.8 cm³/mol. The van der Waals surface area contributed by atoms with Crippen LogP contribution in [0.25, 0.3) is 0 Å². The monoisotopic (exact) mass is 204 g/mol. The van der Waals surface area contributed by atoms with Gasteiger partial charge in [0.1, 0.15) is 5.78 Å². The molecule has 0 aromatic rings. The fraction of sp³-hybridized carbons (Fsp3) is 0.889. The van der Waals surface area contributed by atoms with E-state index < -0.39 is 8.38 Å². The number of carbonyl (C=O) groups is 1. The highest BCUT2D eigenvalue weighted by molar-refractivity contribution is 7.48. The fourth-order valence-corrected chi connectivity index (χ4v) is 3.17. The molecule has 13 heavy (non-hydrogen) atoms. The van der Waals surface area contributed by atoms with E-state index in [0.29, 0.717) is 37.5 Å². The van der Waals surface area contributed by atoms with Gasteiger partial charge in [-0.1, -0.05) is 0 Å². The molecule has 4 heteroatoms. The Hall–Kier alpha value is 0.0200. The van der Waals surface area contributed by atoms with E-state index >= 15 is 0 Å². The molecule has 1 fully saturated rings. The van der Waals surface area contributed by atoms with E-state index in [1.165, 1.54) is 0 Å². The van der Waals surface area contributed by atoms with Crippen LogP contribution in [-0.2, 0) is 13.8 Å². The molecule has 3 nitrogen and oxygen atoms in total. The molecular formula is C9H17O3P. The summed E-state index contributed by atoms with van der Waals surface area (Å²) in [6.07, 6.45) is 2.32. The highest BCUT2D eigenvalue weighted by atomic mass is 31.2. The summed E-state index contributed by atoms with van der Waals surface area (Å²) in [6, 6.07) is 0. The zero-order valence-electron chi connectivity index (χ0n) is 8.28. The quantitative estimate of drug-likeness (QED) is 0.645. The largest absolute Gasteiger partial charge is 0.334 e. The zero-order valence-corrected chi connectivity index (χ0v) is 9.18. The molecule has 0 aliphatic heterocycles. The van der Waals surface area contributed by atoms with Gasteiger partial charge in [0, 0.05) is 18.5 Å². The molecule has 76 valence electrons. The average Bonchev–Trinajstić information content (AvgIpc) is 2.51. The Labute approximate surface area is 80.7 Å². The first-order valence-electron chi connectivity index (χ1n) is 4.84. The second-order valence-electron chi connectivity index (χ2n) is 3.06. The van der Waals surface area contributed by atoms with Gasteiger partial charge >= 0.3 is 0 Å². The van der Waals surface area contributed by atoms with E-state index in [4.69, 9.17) is 9.05 Å². The Morgan fingerprint density at radius 1 is 1.38 bits per heavy atom. The van der Waals surface area contributed by atoms with Crippen LogP contribution in [0.2, 0.25) is 0 Å². The minimum Gasteiger partial charge on any atom is -0.334 e. The molecule has 0 N–H and O–H groups in total. The highest BCUT2D eigenvalue weighted by Crippen LogP contribution is 2.49. The van der Waals surface area contributed by atoms with Crippen LogP contribution < -0.4 is 0 Å². The number of hydrogen-bond acceptors (Lipinski definition) is 3. The minimum absolute atomic E-state index is 0.349. The predicted octanol–water partition coefficient (Wildman–Crippen LogP) is 2.49. The van der Waals surface area contributed by atoms with E-state index in [-0.39, 0.29) is 0 Å². The standard InChI is InChI=1S/C9H17O3P/c1-3-11-13(12-4-2)9-6-5-8(10)7-9/h9H,3-7H2,1-2H3/t9-/m1/s1. The molecule has 0 amide bonds. The first-order chi connectivity index (χ1) is 6.27. The molecule has 0 heterocycles. The van der Waals surface area contributed by atoms with Gasteiger partial charge in [-0.15, -0.1) is 0 Å². The normalized spacial score (nSPS) is 23.0. The third kappa shape index (κ3) is 3.34. The first-order valence-corrected chi connectivity index (χ1v) is 6.09. The molecule has 1 rings (SSSR count). The Kier molecular flexibility index (Phi) is 4.86. The SMILES string of the molecule is CCOP(OCC)[C@@H]1CCC(=O)C1. The molecule has 0 radical (unpaired) electrons. The summed E-state index contributed by atoms with van der Waals surface area (Å²) in [6.45, 7) is 5.28. The fourth-order valence-electron chi connectivity index (χ4n) is 1.48. The maximum Gasteiger partial charge on any atom is 0.174 e. The van der Waals surface area contributed by atoms with Gasteiger partial charge < -0.3 is 9.05 Å². The molecular weight excluding hydrogens is 187 g/mol. The lowest BCUT2D eigenvalue weighted by molar-refractivity contribution is -0.117. The molecule has 1 aliphatic rings. The Morgan fingerprint density at radius 3 is 2.38 bits per heavy atom. The maximum absolute atomic E-state index is 11.1. The van der Waals surface area contributed by atoms with Gasteiger partial charge in [0.15, 0.2) is 8.38 Å². The molecule has 1 saturated carbocycles. The van der Waals surface area contributed by atoms with Crippen molar-refractivity contribution in [2.24, 2.45) is 0 Å². The first kappa shape index (κ1) is 11.1. The van der Waals surface area contributed by atoms with E-state index in [2.05, 4.69) is 0 Å². The average molecular weight is 204 g/mol. The van der Waals surface area contributed by atoms with Gasteiger partial charge in [0.2, 0.25) is 0 Å². The van der Waals surface area contributed by atoms with Gasteiger partial charge in [-0.3, -0.25) is 4.79 Å². The van der Waals surface area contributed by atoms with E-state index in [1.807, 2.05) is 13.8 Å². The van der Waals surface area contributed by atoms with Crippen molar-refractivity contribution in [2.75, 3.05) is 13.2 Å². The summed E-state index contributed by atoms with van der Waals surface area (Å²) < 4.78 is 11.0.